The van der Waals surface area contributed by atoms with Crippen LogP contribution < -0.4 is 20.9 Å². The molecule has 424 valence electrons. The van der Waals surface area contributed by atoms with E-state index < -0.39 is 0 Å². The number of carbonyl (C=O) groups excluding carboxylic acids is 2. The van der Waals surface area contributed by atoms with Crippen LogP contribution in [0.5, 0.6) is 23.0 Å². The third-order valence-electron chi connectivity index (χ3n) is 16.2. The van der Waals surface area contributed by atoms with Crippen LogP contribution in [0.2, 0.25) is 10.3 Å². The number of ether oxygens (including phenoxy) is 3. The minimum absolute atomic E-state index is 0.000441. The molecule has 3 aliphatic heterocycles. The molecule has 0 radical (unpaired) electrons. The van der Waals surface area contributed by atoms with Crippen LogP contribution in [-0.4, -0.2) is 139 Å². The van der Waals surface area contributed by atoms with Gasteiger partial charge in [-0.3, -0.25) is 19.4 Å². The summed E-state index contributed by atoms with van der Waals surface area (Å²) in [5.41, 5.74) is 17.4. The van der Waals surface area contributed by atoms with Crippen LogP contribution in [0.25, 0.3) is 44.3 Å². The molecule has 4 aliphatic rings. The van der Waals surface area contributed by atoms with E-state index >= 15 is 0 Å². The van der Waals surface area contributed by atoms with Crippen LogP contribution in [0.1, 0.15) is 57.0 Å². The molecule has 8 aromatic rings. The van der Waals surface area contributed by atoms with E-state index in [0.29, 0.717) is 94.6 Å². The van der Waals surface area contributed by atoms with Crippen molar-refractivity contribution >= 4 is 68.7 Å². The van der Waals surface area contributed by atoms with E-state index in [1.807, 2.05) is 140 Å². The molecular weight excluding hydrogens is 1080 g/mol. The molecule has 4 aromatic carbocycles. The number of aromatic nitrogens is 6. The molecule has 0 bridgehead atoms. The number of nitrogens with zero attached hydrogens (tertiary/aromatic N) is 10. The van der Waals surface area contributed by atoms with Crippen LogP contribution in [0.3, 0.4) is 0 Å². The van der Waals surface area contributed by atoms with Crippen molar-refractivity contribution < 1.29 is 23.8 Å². The summed E-state index contributed by atoms with van der Waals surface area (Å²) in [4.78, 5) is 52.0. The van der Waals surface area contributed by atoms with Crippen LogP contribution in [-0.2, 0) is 14.3 Å². The predicted molar refractivity (Wildman–Crippen MR) is 323 cm³/mol. The number of hydrogen-bond donors (Lipinski definition) is 2. The highest BCUT2D eigenvalue weighted by Crippen LogP contribution is 2.45. The van der Waals surface area contributed by atoms with Crippen LogP contribution in [0.4, 0.5) is 11.6 Å². The second kappa shape index (κ2) is 25.6. The second-order valence-electron chi connectivity index (χ2n) is 21.5. The van der Waals surface area contributed by atoms with Gasteiger partial charge in [0.05, 0.1) is 29.5 Å². The highest BCUT2D eigenvalue weighted by atomic mass is 35.5. The number of fused-ring (bicyclic) bond motifs is 2. The first-order valence-corrected chi connectivity index (χ1v) is 28.9. The minimum atomic E-state index is -0.0376. The van der Waals surface area contributed by atoms with Crippen LogP contribution >= 0.6 is 23.2 Å². The van der Waals surface area contributed by atoms with Gasteiger partial charge in [0.25, 0.3) is 0 Å². The fourth-order valence-electron chi connectivity index (χ4n) is 11.7. The average Bonchev–Trinajstić information content (AvgIpc) is 4.51. The molecule has 17 nitrogen and oxygen atoms in total. The van der Waals surface area contributed by atoms with Crippen molar-refractivity contribution in [2.45, 2.75) is 69.1 Å². The van der Waals surface area contributed by atoms with E-state index in [2.05, 4.69) is 43.8 Å². The number of benzene rings is 4. The Morgan fingerprint density at radius 3 is 1.44 bits per heavy atom. The number of likely N-dealkylation sites (tertiary alicyclic amines) is 2. The van der Waals surface area contributed by atoms with Crippen molar-refractivity contribution in [3.05, 3.63) is 156 Å². The van der Waals surface area contributed by atoms with Gasteiger partial charge in [0, 0.05) is 81.2 Å². The van der Waals surface area contributed by atoms with E-state index in [-0.39, 0.29) is 23.9 Å². The number of halogens is 2. The molecule has 0 unspecified atom stereocenters. The number of hydrogen-bond acceptors (Lipinski definition) is 13. The fraction of sp³-hybridized carbons (Fsp3) is 0.333. The predicted octanol–water partition coefficient (Wildman–Crippen LogP) is 11.5. The molecule has 4 fully saturated rings. The van der Waals surface area contributed by atoms with Crippen molar-refractivity contribution in [1.82, 2.24) is 48.7 Å². The molecule has 12 rings (SSSR count). The summed E-state index contributed by atoms with van der Waals surface area (Å²) in [6.07, 6.45) is 17.9. The lowest BCUT2D eigenvalue weighted by Crippen LogP contribution is -2.32. The largest absolute Gasteiger partial charge is 0.457 e. The third kappa shape index (κ3) is 12.3. The molecule has 0 spiro atoms. The summed E-state index contributed by atoms with van der Waals surface area (Å²) in [5, 5.41) is 2.49. The van der Waals surface area contributed by atoms with Gasteiger partial charge in [-0.05, 0) is 106 Å². The number of nitrogens with two attached hydrogens (primary N) is 2. The highest BCUT2D eigenvalue weighted by Gasteiger charge is 2.34. The van der Waals surface area contributed by atoms with Gasteiger partial charge in [0.15, 0.2) is 0 Å². The number of anilines is 2. The Hall–Kier alpha value is -7.80. The molecule has 1 aliphatic carbocycles. The zero-order valence-corrected chi connectivity index (χ0v) is 47.7. The first-order chi connectivity index (χ1) is 40.0. The Labute approximate surface area is 487 Å². The molecule has 3 atom stereocenters. The maximum absolute atomic E-state index is 13.0. The molecule has 3 saturated heterocycles. The molecule has 7 heterocycles. The topological polar surface area (TPSA) is 188 Å². The fourth-order valence-corrected chi connectivity index (χ4v) is 12.6. The summed E-state index contributed by atoms with van der Waals surface area (Å²) in [7, 11) is 4.21. The lowest BCUT2D eigenvalue weighted by molar-refractivity contribution is -0.125. The highest BCUT2D eigenvalue weighted by molar-refractivity contribution is 6.36. The summed E-state index contributed by atoms with van der Waals surface area (Å²) < 4.78 is 21.4. The van der Waals surface area contributed by atoms with Gasteiger partial charge in [-0.2, -0.15) is 0 Å². The van der Waals surface area contributed by atoms with Gasteiger partial charge >= 0.3 is 0 Å². The van der Waals surface area contributed by atoms with Gasteiger partial charge in [-0.25, -0.2) is 19.9 Å². The second-order valence-corrected chi connectivity index (χ2v) is 22.2. The standard InChI is InChI=1S/C32H35ClN6O2.C31H33ClN6O3/c1-37(23-8-5-6-9-23)18-7-12-27(40)38-19-17-24(20-38)39-30(33)28(29-31(34)35-21-36-32(29)39)22-13-15-26(16-14-22)41-25-10-3-2-4-11-25;1-36(23-14-17-40-19-23)15-5-8-26(39)37-16-13-22(18-37)38-29(32)27(28-30(33)34-20-35-31(28)38)21-9-11-25(12-10-21)41-24-6-3-2-4-7-24/h2-4,7,10-16,21,23-24H,5-6,8-9,17-20H2,1H3,(H2,34,35,36);2-12,20,22-23H,13-19H2,1H3,(H2,33,34,35)/b12-7+;8-5+/t24-;22-,23-/m11/s1. The number of nitrogen functional groups attached to an aromatic ring is 2. The van der Waals surface area contributed by atoms with Crippen molar-refractivity contribution in [3.63, 3.8) is 0 Å². The maximum atomic E-state index is 13.0. The molecule has 19 heteroatoms. The average molecular weight is 1140 g/mol. The summed E-state index contributed by atoms with van der Waals surface area (Å²) in [6.45, 7) is 5.43. The SMILES string of the molecule is CN(C/C=C/C(=O)N1CC[C@@H](n2c(Cl)c(-c3ccc(Oc4ccccc4)cc3)c3c(N)ncnc32)C1)C1CCCC1.CN(C/C=C/C(=O)N1CC[C@@H](n2c(Cl)c(-c3ccc(Oc4ccccc4)cc3)c3c(N)ncnc32)C1)[C@@H]1CCOC1. The summed E-state index contributed by atoms with van der Waals surface area (Å²) in [6, 6.07) is 35.7. The number of amides is 2. The van der Waals surface area contributed by atoms with E-state index in [1.54, 1.807) is 12.2 Å². The lowest BCUT2D eigenvalue weighted by Gasteiger charge is -2.22. The quantitative estimate of drug-likeness (QED) is 0.0871. The molecule has 4 aromatic heterocycles. The zero-order valence-electron chi connectivity index (χ0n) is 46.2. The molecule has 82 heavy (non-hydrogen) atoms. The Kier molecular flexibility index (Phi) is 17.5. The number of rotatable bonds is 16. The first-order valence-electron chi connectivity index (χ1n) is 28.1. The monoisotopic (exact) mass is 1140 g/mol. The Morgan fingerprint density at radius 2 is 1.01 bits per heavy atom. The van der Waals surface area contributed by atoms with Gasteiger partial charge in [0.1, 0.15) is 68.9 Å². The van der Waals surface area contributed by atoms with E-state index in [4.69, 9.17) is 48.9 Å². The van der Waals surface area contributed by atoms with Gasteiger partial charge < -0.3 is 44.6 Å². The first kappa shape index (κ1) is 56.1. The van der Waals surface area contributed by atoms with Crippen molar-refractivity contribution in [2.24, 2.45) is 0 Å². The summed E-state index contributed by atoms with van der Waals surface area (Å²) >= 11 is 14.2. The van der Waals surface area contributed by atoms with Crippen LogP contribution in [0.15, 0.2) is 146 Å². The van der Waals surface area contributed by atoms with E-state index in [9.17, 15) is 9.59 Å². The van der Waals surface area contributed by atoms with E-state index in [0.717, 1.165) is 78.5 Å². The normalized spacial score (nSPS) is 18.5. The molecular formula is C63H68Cl2N12O5. The Bertz CT molecular complexity index is 3330. The number of para-hydroxylation sites is 2. The number of carbonyl (C=O) groups is 2. The van der Waals surface area contributed by atoms with Crippen molar-refractivity contribution in [1.29, 1.82) is 0 Å². The summed E-state index contributed by atoms with van der Waals surface area (Å²) in [5.74, 6) is 3.72. The van der Waals surface area contributed by atoms with Crippen LogP contribution in [0, 0.1) is 0 Å². The van der Waals surface area contributed by atoms with Gasteiger partial charge in [-0.1, -0.05) is 109 Å². The smallest absolute Gasteiger partial charge is 0.246 e. The van der Waals surface area contributed by atoms with E-state index in [1.165, 1.54) is 38.3 Å². The Morgan fingerprint density at radius 1 is 0.585 bits per heavy atom. The third-order valence-corrected chi connectivity index (χ3v) is 17.0. The molecule has 2 amide bonds. The van der Waals surface area contributed by atoms with Crippen molar-refractivity contribution in [3.8, 4) is 45.3 Å². The minimum Gasteiger partial charge on any atom is -0.457 e. The van der Waals surface area contributed by atoms with Crippen molar-refractivity contribution in [2.75, 3.05) is 78.0 Å². The lowest BCUT2D eigenvalue weighted by atomic mass is 10.1. The maximum Gasteiger partial charge on any atom is 0.246 e. The zero-order chi connectivity index (χ0) is 56.7. The molecule has 4 N–H and O–H groups in total. The Balaban J connectivity index is 0.000000172. The molecule has 1 saturated carbocycles. The van der Waals surface area contributed by atoms with Gasteiger partial charge in [-0.15, -0.1) is 0 Å². The van der Waals surface area contributed by atoms with Gasteiger partial charge in [0.2, 0.25) is 11.8 Å². The number of likely N-dealkylation sites (N-methyl/N-ethyl adjacent to an activating group) is 2.